The Morgan fingerprint density at radius 3 is 2.48 bits per heavy atom. The molecule has 0 spiro atoms. The molecular formula is C23H19Cl2N3O. The van der Waals surface area contributed by atoms with Crippen molar-refractivity contribution < 1.29 is 0 Å². The molecule has 2 aromatic carbocycles. The van der Waals surface area contributed by atoms with Crippen molar-refractivity contribution in [1.29, 1.82) is 0 Å². The van der Waals surface area contributed by atoms with Crippen molar-refractivity contribution in [3.63, 3.8) is 0 Å². The second-order valence-corrected chi connectivity index (χ2v) is 7.53. The number of halogens is 2. The van der Waals surface area contributed by atoms with E-state index in [-0.39, 0.29) is 5.56 Å². The number of aromatic nitrogens is 3. The van der Waals surface area contributed by atoms with E-state index in [0.29, 0.717) is 34.3 Å². The minimum atomic E-state index is -0.155. The molecule has 0 fully saturated rings. The fourth-order valence-electron chi connectivity index (χ4n) is 3.52. The van der Waals surface area contributed by atoms with E-state index in [1.807, 2.05) is 66.2 Å². The molecule has 0 saturated heterocycles. The van der Waals surface area contributed by atoms with Crippen LogP contribution in [-0.4, -0.2) is 14.2 Å². The Kier molecular flexibility index (Phi) is 5.31. The molecular weight excluding hydrogens is 405 g/mol. The van der Waals surface area contributed by atoms with Crippen LogP contribution in [0.2, 0.25) is 10.0 Å². The number of fused-ring (bicyclic) bond motifs is 1. The number of rotatable bonds is 5. The lowest BCUT2D eigenvalue weighted by molar-refractivity contribution is 0.727. The van der Waals surface area contributed by atoms with Crippen LogP contribution in [-0.2, 0) is 13.0 Å². The number of nitrogens with zero attached hydrogens (tertiary/aromatic N) is 3. The number of hydrogen-bond donors (Lipinski definition) is 0. The van der Waals surface area contributed by atoms with Crippen LogP contribution in [0.15, 0.2) is 72.2 Å². The predicted molar refractivity (Wildman–Crippen MR) is 120 cm³/mol. The Morgan fingerprint density at radius 2 is 1.83 bits per heavy atom. The molecule has 2 heterocycles. The first-order valence-corrected chi connectivity index (χ1v) is 10.1. The fourth-order valence-corrected chi connectivity index (χ4v) is 3.87. The van der Waals surface area contributed by atoms with Gasteiger partial charge in [0.15, 0.2) is 0 Å². The van der Waals surface area contributed by atoms with E-state index in [1.165, 1.54) is 4.52 Å². The van der Waals surface area contributed by atoms with Crippen LogP contribution in [0, 0.1) is 0 Å². The molecule has 2 aromatic heterocycles. The van der Waals surface area contributed by atoms with Gasteiger partial charge in [0.1, 0.15) is 11.3 Å². The molecule has 0 saturated carbocycles. The molecule has 4 rings (SSSR count). The summed E-state index contributed by atoms with van der Waals surface area (Å²) in [5.41, 5.74) is 4.41. The summed E-state index contributed by atoms with van der Waals surface area (Å²) in [6.45, 7) is 6.48. The van der Waals surface area contributed by atoms with Gasteiger partial charge in [0.25, 0.3) is 5.56 Å². The first-order valence-electron chi connectivity index (χ1n) is 9.32. The Balaban J connectivity index is 2.17. The van der Waals surface area contributed by atoms with Crippen LogP contribution in [0.25, 0.3) is 28.0 Å². The summed E-state index contributed by atoms with van der Waals surface area (Å²) in [7, 11) is 0. The summed E-state index contributed by atoms with van der Waals surface area (Å²) in [4.78, 5) is 13.1. The first kappa shape index (κ1) is 19.5. The maximum Gasteiger partial charge on any atom is 0.277 e. The third-order valence-electron chi connectivity index (χ3n) is 4.88. The average molecular weight is 424 g/mol. The number of hydrogen-bond acceptors (Lipinski definition) is 2. The Bertz CT molecular complexity index is 1270. The van der Waals surface area contributed by atoms with Crippen molar-refractivity contribution in [3.8, 4) is 22.4 Å². The molecule has 0 aliphatic heterocycles. The number of allylic oxidation sites excluding steroid dienone is 1. The van der Waals surface area contributed by atoms with E-state index in [9.17, 15) is 4.79 Å². The van der Waals surface area contributed by atoms with Gasteiger partial charge in [0, 0.05) is 28.9 Å². The largest absolute Gasteiger partial charge is 0.332 e. The van der Waals surface area contributed by atoms with E-state index in [0.717, 1.165) is 22.3 Å². The van der Waals surface area contributed by atoms with Crippen molar-refractivity contribution in [3.05, 3.63) is 93.3 Å². The lowest BCUT2D eigenvalue weighted by Crippen LogP contribution is -2.22. The summed E-state index contributed by atoms with van der Waals surface area (Å²) in [6.07, 6.45) is 4.09. The van der Waals surface area contributed by atoms with E-state index in [1.54, 1.807) is 6.08 Å². The molecule has 4 nitrogen and oxygen atoms in total. The normalized spacial score (nSPS) is 11.1. The van der Waals surface area contributed by atoms with E-state index < -0.39 is 0 Å². The van der Waals surface area contributed by atoms with Gasteiger partial charge in [0.2, 0.25) is 0 Å². The molecule has 146 valence electrons. The van der Waals surface area contributed by atoms with Gasteiger partial charge in [-0.15, -0.1) is 6.58 Å². The van der Waals surface area contributed by atoms with Gasteiger partial charge in [-0.05, 0) is 37.1 Å². The van der Waals surface area contributed by atoms with Crippen molar-refractivity contribution in [2.45, 2.75) is 19.9 Å². The van der Waals surface area contributed by atoms with Crippen molar-refractivity contribution in [1.82, 2.24) is 14.2 Å². The SMILES string of the molecule is C=CCc1cn(CC)c2c(-c3ccc(Cl)cc3)c(-c3ccccc3Cl)nn2c1=O. The molecule has 6 heteroatoms. The molecule has 29 heavy (non-hydrogen) atoms. The molecule has 0 N–H and O–H groups in total. The fraction of sp³-hybridized carbons (Fsp3) is 0.130. The Hall–Kier alpha value is -2.82. The van der Waals surface area contributed by atoms with Crippen LogP contribution < -0.4 is 5.56 Å². The highest BCUT2D eigenvalue weighted by Crippen LogP contribution is 2.38. The lowest BCUT2D eigenvalue weighted by Gasteiger charge is -2.11. The number of benzene rings is 2. The van der Waals surface area contributed by atoms with E-state index in [4.69, 9.17) is 28.3 Å². The van der Waals surface area contributed by atoms with Crippen LogP contribution in [0.1, 0.15) is 12.5 Å². The average Bonchev–Trinajstić information content (AvgIpc) is 3.12. The highest BCUT2D eigenvalue weighted by Gasteiger charge is 2.22. The molecule has 4 aromatic rings. The monoisotopic (exact) mass is 423 g/mol. The molecule has 0 bridgehead atoms. The second-order valence-electron chi connectivity index (χ2n) is 6.68. The maximum absolute atomic E-state index is 13.1. The highest BCUT2D eigenvalue weighted by molar-refractivity contribution is 6.33. The van der Waals surface area contributed by atoms with E-state index in [2.05, 4.69) is 6.58 Å². The predicted octanol–water partition coefficient (Wildman–Crippen LogP) is 5.89. The molecule has 0 unspecified atom stereocenters. The Labute approximate surface area is 178 Å². The smallest absolute Gasteiger partial charge is 0.277 e. The number of aryl methyl sites for hydroxylation is 1. The molecule has 0 aliphatic carbocycles. The van der Waals surface area contributed by atoms with Gasteiger partial charge in [-0.2, -0.15) is 9.61 Å². The van der Waals surface area contributed by atoms with Gasteiger partial charge in [0.05, 0.1) is 10.6 Å². The zero-order valence-corrected chi connectivity index (χ0v) is 17.4. The van der Waals surface area contributed by atoms with Gasteiger partial charge in [-0.1, -0.05) is 59.6 Å². The summed E-state index contributed by atoms with van der Waals surface area (Å²) in [5.74, 6) is 0. The summed E-state index contributed by atoms with van der Waals surface area (Å²) in [5, 5.41) is 5.95. The molecule has 0 radical (unpaired) electrons. The zero-order valence-electron chi connectivity index (χ0n) is 15.9. The van der Waals surface area contributed by atoms with Crippen LogP contribution >= 0.6 is 23.2 Å². The standard InChI is InChI=1S/C23H19Cl2N3O/c1-3-7-16-14-27(4-2)22-20(15-10-12-17(24)13-11-15)21(26-28(22)23(16)29)18-8-5-6-9-19(18)25/h3,5-6,8-14H,1,4,7H2,2H3. The van der Waals surface area contributed by atoms with Crippen molar-refractivity contribution >= 4 is 28.8 Å². The van der Waals surface area contributed by atoms with Gasteiger partial charge in [-0.25, -0.2) is 0 Å². The van der Waals surface area contributed by atoms with Crippen molar-refractivity contribution in [2.24, 2.45) is 0 Å². The minimum absolute atomic E-state index is 0.155. The summed E-state index contributed by atoms with van der Waals surface area (Å²) in [6, 6.07) is 15.0. The third kappa shape index (κ3) is 3.39. The van der Waals surface area contributed by atoms with Gasteiger partial charge < -0.3 is 4.57 Å². The maximum atomic E-state index is 13.1. The summed E-state index contributed by atoms with van der Waals surface area (Å²) < 4.78 is 3.52. The molecule has 0 aliphatic rings. The molecule has 0 atom stereocenters. The Morgan fingerprint density at radius 1 is 1.10 bits per heavy atom. The van der Waals surface area contributed by atoms with Crippen LogP contribution in [0.4, 0.5) is 0 Å². The second kappa shape index (κ2) is 7.90. The van der Waals surface area contributed by atoms with Gasteiger partial charge in [-0.3, -0.25) is 4.79 Å². The van der Waals surface area contributed by atoms with E-state index >= 15 is 0 Å². The minimum Gasteiger partial charge on any atom is -0.332 e. The van der Waals surface area contributed by atoms with Crippen molar-refractivity contribution in [2.75, 3.05) is 0 Å². The van der Waals surface area contributed by atoms with Gasteiger partial charge >= 0.3 is 0 Å². The zero-order chi connectivity index (χ0) is 20.5. The molecule has 0 amide bonds. The highest BCUT2D eigenvalue weighted by atomic mass is 35.5. The van der Waals surface area contributed by atoms with Crippen LogP contribution in [0.3, 0.4) is 0 Å². The lowest BCUT2D eigenvalue weighted by atomic mass is 10.0. The quantitative estimate of drug-likeness (QED) is 0.375. The topological polar surface area (TPSA) is 39.3 Å². The third-order valence-corrected chi connectivity index (χ3v) is 5.46. The summed E-state index contributed by atoms with van der Waals surface area (Å²) >= 11 is 12.6. The first-order chi connectivity index (χ1) is 14.0. The van der Waals surface area contributed by atoms with Crippen LogP contribution in [0.5, 0.6) is 0 Å².